The molecule has 3 aromatic rings. The summed E-state index contributed by atoms with van der Waals surface area (Å²) in [6.45, 7) is 6.78. The highest BCUT2D eigenvalue weighted by molar-refractivity contribution is 5.86. The van der Waals surface area contributed by atoms with E-state index >= 15 is 0 Å². The molecular weight excluding hydrogens is 320 g/mol. The van der Waals surface area contributed by atoms with Crippen LogP contribution in [-0.2, 0) is 0 Å². The number of hydrogen-bond donors (Lipinski definition) is 1. The first-order valence-corrected chi connectivity index (χ1v) is 9.60. The Morgan fingerprint density at radius 3 is 2.65 bits per heavy atom. The topological polar surface area (TPSA) is 41.0 Å². The molecule has 1 aliphatic rings. The van der Waals surface area contributed by atoms with Crippen LogP contribution in [0.25, 0.3) is 22.0 Å². The van der Waals surface area contributed by atoms with Crippen LogP contribution in [0, 0.1) is 5.92 Å². The van der Waals surface area contributed by atoms with Gasteiger partial charge in [-0.05, 0) is 61.3 Å². The smallest absolute Gasteiger partial charge is 0.223 e. The predicted octanol–water partition coefficient (Wildman–Crippen LogP) is 4.44. The van der Waals surface area contributed by atoms with Crippen molar-refractivity contribution in [3.8, 4) is 11.3 Å². The number of benzene rings is 2. The van der Waals surface area contributed by atoms with Crippen molar-refractivity contribution in [3.05, 3.63) is 54.7 Å². The van der Waals surface area contributed by atoms with Gasteiger partial charge in [-0.2, -0.15) is 0 Å². The van der Waals surface area contributed by atoms with Gasteiger partial charge in [0.25, 0.3) is 0 Å². The molecule has 26 heavy (non-hydrogen) atoms. The summed E-state index contributed by atoms with van der Waals surface area (Å²) in [4.78, 5) is 11.7. The molecule has 0 amide bonds. The Hall–Kier alpha value is -2.46. The van der Waals surface area contributed by atoms with E-state index in [0.717, 1.165) is 30.3 Å². The van der Waals surface area contributed by atoms with Gasteiger partial charge in [0.1, 0.15) is 0 Å². The van der Waals surface area contributed by atoms with Gasteiger partial charge < -0.3 is 10.2 Å². The minimum Gasteiger partial charge on any atom is -0.354 e. The van der Waals surface area contributed by atoms with E-state index in [4.69, 9.17) is 4.98 Å². The molecule has 0 atom stereocenters. The van der Waals surface area contributed by atoms with Crippen LogP contribution in [0.2, 0.25) is 0 Å². The van der Waals surface area contributed by atoms with Crippen LogP contribution in [-0.4, -0.2) is 41.0 Å². The van der Waals surface area contributed by atoms with E-state index in [1.54, 1.807) is 0 Å². The van der Waals surface area contributed by atoms with Gasteiger partial charge >= 0.3 is 0 Å². The molecular formula is C22H26N4. The molecule has 2 heterocycles. The summed E-state index contributed by atoms with van der Waals surface area (Å²) >= 11 is 0. The number of nitrogens with one attached hydrogen (secondary N) is 1. The van der Waals surface area contributed by atoms with Crippen molar-refractivity contribution in [1.82, 2.24) is 14.9 Å². The Kier molecular flexibility index (Phi) is 5.12. The number of anilines is 1. The average molecular weight is 346 g/mol. The van der Waals surface area contributed by atoms with Crippen LogP contribution in [0.3, 0.4) is 0 Å². The Morgan fingerprint density at radius 1 is 1.04 bits per heavy atom. The van der Waals surface area contributed by atoms with Crippen LogP contribution >= 0.6 is 0 Å². The van der Waals surface area contributed by atoms with Crippen molar-refractivity contribution < 1.29 is 0 Å². The lowest BCUT2D eigenvalue weighted by atomic mass is 9.97. The zero-order valence-electron chi connectivity index (χ0n) is 15.4. The highest BCUT2D eigenvalue weighted by atomic mass is 15.1. The molecule has 4 heteroatoms. The van der Waals surface area contributed by atoms with Crippen molar-refractivity contribution >= 4 is 16.7 Å². The quantitative estimate of drug-likeness (QED) is 0.741. The van der Waals surface area contributed by atoms with Crippen LogP contribution in [0.4, 0.5) is 5.95 Å². The number of hydrogen-bond acceptors (Lipinski definition) is 4. The van der Waals surface area contributed by atoms with Crippen LogP contribution in [0.1, 0.15) is 19.8 Å². The maximum atomic E-state index is 4.73. The zero-order valence-corrected chi connectivity index (χ0v) is 15.4. The Labute approximate surface area is 155 Å². The summed E-state index contributed by atoms with van der Waals surface area (Å²) in [6.07, 6.45) is 4.36. The second-order valence-electron chi connectivity index (χ2n) is 7.09. The molecule has 4 rings (SSSR count). The Balaban J connectivity index is 1.44. The van der Waals surface area contributed by atoms with Gasteiger partial charge in [0.2, 0.25) is 5.95 Å². The molecule has 0 aliphatic carbocycles. The third kappa shape index (κ3) is 3.86. The minimum absolute atomic E-state index is 0.714. The van der Waals surface area contributed by atoms with Crippen molar-refractivity contribution in [3.63, 3.8) is 0 Å². The van der Waals surface area contributed by atoms with E-state index in [1.807, 2.05) is 12.3 Å². The normalized spacial score (nSPS) is 16.0. The van der Waals surface area contributed by atoms with E-state index in [-0.39, 0.29) is 0 Å². The van der Waals surface area contributed by atoms with Gasteiger partial charge in [-0.1, -0.05) is 43.3 Å². The summed E-state index contributed by atoms with van der Waals surface area (Å²) in [6, 6.07) is 16.9. The fourth-order valence-electron chi connectivity index (χ4n) is 3.70. The van der Waals surface area contributed by atoms with Crippen molar-refractivity contribution in [2.24, 2.45) is 5.92 Å². The molecule has 1 aliphatic heterocycles. The largest absolute Gasteiger partial charge is 0.354 e. The molecule has 4 nitrogen and oxygen atoms in total. The summed E-state index contributed by atoms with van der Waals surface area (Å²) in [5.41, 5.74) is 2.10. The number of fused-ring (bicyclic) bond motifs is 1. The highest BCUT2D eigenvalue weighted by Gasteiger charge is 2.18. The zero-order chi connectivity index (χ0) is 17.8. The molecule has 0 radical (unpaired) electrons. The standard InChI is InChI=1S/C22H26N4/c1-2-26-13-10-17(11-14-26)16-24-22-23-12-9-21(25-22)20-8-7-18-5-3-4-6-19(18)15-20/h3-9,12,15,17H,2,10-11,13-14,16H2,1H3,(H,23,24,25). The van der Waals surface area contributed by atoms with Gasteiger partial charge in [-0.25, -0.2) is 9.97 Å². The molecule has 1 N–H and O–H groups in total. The fraction of sp³-hybridized carbons (Fsp3) is 0.364. The van der Waals surface area contributed by atoms with Gasteiger partial charge in [0.15, 0.2) is 0 Å². The Morgan fingerprint density at radius 2 is 1.85 bits per heavy atom. The van der Waals surface area contributed by atoms with E-state index in [9.17, 15) is 0 Å². The van der Waals surface area contributed by atoms with Crippen LogP contribution in [0.5, 0.6) is 0 Å². The second kappa shape index (κ2) is 7.83. The summed E-state index contributed by atoms with van der Waals surface area (Å²) in [7, 11) is 0. The fourth-order valence-corrected chi connectivity index (χ4v) is 3.70. The lowest BCUT2D eigenvalue weighted by Gasteiger charge is -2.31. The van der Waals surface area contributed by atoms with E-state index in [2.05, 4.69) is 64.6 Å². The highest BCUT2D eigenvalue weighted by Crippen LogP contribution is 2.24. The van der Waals surface area contributed by atoms with Gasteiger partial charge in [0.05, 0.1) is 5.69 Å². The lowest BCUT2D eigenvalue weighted by Crippen LogP contribution is -2.35. The average Bonchev–Trinajstić information content (AvgIpc) is 2.72. The van der Waals surface area contributed by atoms with Crippen molar-refractivity contribution in [1.29, 1.82) is 0 Å². The van der Waals surface area contributed by atoms with Crippen molar-refractivity contribution in [2.45, 2.75) is 19.8 Å². The van der Waals surface area contributed by atoms with Crippen molar-refractivity contribution in [2.75, 3.05) is 31.5 Å². The second-order valence-corrected chi connectivity index (χ2v) is 7.09. The monoisotopic (exact) mass is 346 g/mol. The van der Waals surface area contributed by atoms with Gasteiger partial charge in [0, 0.05) is 18.3 Å². The first-order valence-electron chi connectivity index (χ1n) is 9.60. The number of nitrogens with zero attached hydrogens (tertiary/aromatic N) is 3. The molecule has 1 saturated heterocycles. The van der Waals surface area contributed by atoms with E-state index in [0.29, 0.717) is 5.92 Å². The first-order chi connectivity index (χ1) is 12.8. The lowest BCUT2D eigenvalue weighted by molar-refractivity contribution is 0.198. The number of likely N-dealkylation sites (tertiary alicyclic amines) is 1. The summed E-state index contributed by atoms with van der Waals surface area (Å²) in [5.74, 6) is 1.44. The van der Waals surface area contributed by atoms with Gasteiger partial charge in [-0.3, -0.25) is 0 Å². The Bertz CT molecular complexity index is 869. The number of piperidine rings is 1. The first kappa shape index (κ1) is 17.0. The molecule has 1 aromatic heterocycles. The summed E-state index contributed by atoms with van der Waals surface area (Å²) in [5, 5.41) is 5.94. The maximum absolute atomic E-state index is 4.73. The SMILES string of the molecule is CCN1CCC(CNc2nccc(-c3ccc4ccccc4c3)n2)CC1. The van der Waals surface area contributed by atoms with E-state index in [1.165, 1.54) is 36.7 Å². The van der Waals surface area contributed by atoms with E-state index < -0.39 is 0 Å². The molecule has 1 fully saturated rings. The summed E-state index contributed by atoms with van der Waals surface area (Å²) < 4.78 is 0. The van der Waals surface area contributed by atoms with Gasteiger partial charge in [-0.15, -0.1) is 0 Å². The predicted molar refractivity (Wildman–Crippen MR) is 108 cm³/mol. The third-order valence-electron chi connectivity index (χ3n) is 5.40. The molecule has 0 unspecified atom stereocenters. The molecule has 0 bridgehead atoms. The molecule has 134 valence electrons. The number of rotatable bonds is 5. The third-order valence-corrected chi connectivity index (χ3v) is 5.40. The maximum Gasteiger partial charge on any atom is 0.223 e. The molecule has 0 spiro atoms. The van der Waals surface area contributed by atoms with Crippen LogP contribution in [0.15, 0.2) is 54.7 Å². The molecule has 0 saturated carbocycles. The number of aromatic nitrogens is 2. The van der Waals surface area contributed by atoms with Crippen LogP contribution < -0.4 is 5.32 Å². The minimum atomic E-state index is 0.714. The molecule has 2 aromatic carbocycles.